The Kier molecular flexibility index (Phi) is 7.55. The van der Waals surface area contributed by atoms with Gasteiger partial charge >= 0.3 is 5.97 Å². The summed E-state index contributed by atoms with van der Waals surface area (Å²) >= 11 is 0. The molecule has 1 heterocycles. The first-order valence-corrected chi connectivity index (χ1v) is 12.6. The number of benzene rings is 4. The molecular formula is C33H28N2O3. The summed E-state index contributed by atoms with van der Waals surface area (Å²) in [5, 5.41) is 4.06. The lowest BCUT2D eigenvalue weighted by atomic mass is 9.75. The molecule has 5 heteroatoms. The zero-order chi connectivity index (χ0) is 26.3. The molecule has 0 spiro atoms. The smallest absolute Gasteiger partial charge is 0.303 e. The van der Waals surface area contributed by atoms with Crippen LogP contribution in [-0.4, -0.2) is 16.9 Å². The lowest BCUT2D eigenvalue weighted by molar-refractivity contribution is -0.151. The molecular weight excluding hydrogens is 472 g/mol. The molecule has 4 aromatic carbocycles. The van der Waals surface area contributed by atoms with Crippen LogP contribution in [0.15, 0.2) is 128 Å². The van der Waals surface area contributed by atoms with Crippen molar-refractivity contribution in [3.8, 4) is 0 Å². The topological polar surface area (TPSA) is 68.3 Å². The molecule has 2 unspecified atom stereocenters. The van der Waals surface area contributed by atoms with E-state index in [-0.39, 0.29) is 5.91 Å². The minimum atomic E-state index is -0.831. The number of rotatable bonds is 8. The summed E-state index contributed by atoms with van der Waals surface area (Å²) < 4.78 is 5.95. The third-order valence-corrected chi connectivity index (χ3v) is 6.62. The largest absolute Gasteiger partial charge is 0.457 e. The van der Waals surface area contributed by atoms with E-state index >= 15 is 0 Å². The van der Waals surface area contributed by atoms with Crippen LogP contribution in [0, 0.1) is 5.92 Å². The van der Waals surface area contributed by atoms with E-state index in [1.165, 1.54) is 6.92 Å². The third kappa shape index (κ3) is 5.47. The molecule has 0 aliphatic heterocycles. The van der Waals surface area contributed by atoms with Gasteiger partial charge in [-0.05, 0) is 28.8 Å². The van der Waals surface area contributed by atoms with Gasteiger partial charge in [-0.15, -0.1) is 0 Å². The number of hydrogen-bond acceptors (Lipinski definition) is 4. The monoisotopic (exact) mass is 500 g/mol. The van der Waals surface area contributed by atoms with Crippen LogP contribution in [-0.2, 0) is 14.3 Å². The Hall–Kier alpha value is -4.77. The van der Waals surface area contributed by atoms with Crippen molar-refractivity contribution in [2.24, 2.45) is 5.92 Å². The van der Waals surface area contributed by atoms with E-state index in [0.29, 0.717) is 11.2 Å². The fraction of sp³-hybridized carbons (Fsp3) is 0.121. The fourth-order valence-corrected chi connectivity index (χ4v) is 4.98. The van der Waals surface area contributed by atoms with Crippen LogP contribution in [0.5, 0.6) is 0 Å². The van der Waals surface area contributed by atoms with Gasteiger partial charge in [-0.25, -0.2) is 0 Å². The average Bonchev–Trinajstić information content (AvgIpc) is 2.96. The zero-order valence-corrected chi connectivity index (χ0v) is 21.0. The molecule has 0 aliphatic rings. The van der Waals surface area contributed by atoms with Gasteiger partial charge in [0.25, 0.3) is 0 Å². The van der Waals surface area contributed by atoms with E-state index in [9.17, 15) is 9.59 Å². The molecule has 1 aromatic heterocycles. The molecule has 5 rings (SSSR count). The standard InChI is InChI=1S/C33H28N2O3/c1-23(36)38-32(27-17-9-4-10-18-27)30(29(24-13-5-2-6-14-24)25-15-7-3-8-16-25)33(37)35-28-21-11-19-26-20-12-22-34-31(26)28/h2-22,29-30,32H,1H3,(H,35,37). The highest BCUT2D eigenvalue weighted by atomic mass is 16.5. The Bertz CT molecular complexity index is 1480. The predicted octanol–water partition coefficient (Wildman–Crippen LogP) is 6.93. The van der Waals surface area contributed by atoms with E-state index in [4.69, 9.17) is 4.74 Å². The van der Waals surface area contributed by atoms with Crippen molar-refractivity contribution < 1.29 is 14.3 Å². The number of amides is 1. The number of nitrogens with zero attached hydrogens (tertiary/aromatic N) is 1. The average molecular weight is 501 g/mol. The summed E-state index contributed by atoms with van der Waals surface area (Å²) in [5.74, 6) is -1.91. The number of pyridine rings is 1. The lowest BCUT2D eigenvalue weighted by Crippen LogP contribution is -2.36. The van der Waals surface area contributed by atoms with Crippen LogP contribution in [0.3, 0.4) is 0 Å². The normalized spacial score (nSPS) is 12.6. The Morgan fingerprint density at radius 1 is 0.684 bits per heavy atom. The van der Waals surface area contributed by atoms with Crippen LogP contribution in [0.4, 0.5) is 5.69 Å². The van der Waals surface area contributed by atoms with Crippen molar-refractivity contribution in [3.05, 3.63) is 144 Å². The van der Waals surface area contributed by atoms with E-state index in [1.54, 1.807) is 6.20 Å². The first-order valence-electron chi connectivity index (χ1n) is 12.6. The molecule has 1 amide bonds. The first kappa shape index (κ1) is 24.9. The second kappa shape index (κ2) is 11.5. The second-order valence-corrected chi connectivity index (χ2v) is 9.14. The minimum Gasteiger partial charge on any atom is -0.457 e. The van der Waals surface area contributed by atoms with Gasteiger partial charge < -0.3 is 10.1 Å². The number of esters is 1. The van der Waals surface area contributed by atoms with E-state index in [2.05, 4.69) is 10.3 Å². The van der Waals surface area contributed by atoms with Crippen molar-refractivity contribution in [1.82, 2.24) is 4.98 Å². The number of para-hydroxylation sites is 1. The number of aromatic nitrogens is 1. The predicted molar refractivity (Wildman–Crippen MR) is 150 cm³/mol. The summed E-state index contributed by atoms with van der Waals surface area (Å²) in [6.07, 6.45) is 0.875. The Morgan fingerprint density at radius 3 is 1.82 bits per heavy atom. The van der Waals surface area contributed by atoms with Crippen molar-refractivity contribution in [2.45, 2.75) is 18.9 Å². The minimum absolute atomic E-state index is 0.268. The summed E-state index contributed by atoms with van der Waals surface area (Å²) in [5.41, 5.74) is 3.94. The van der Waals surface area contributed by atoms with Gasteiger partial charge in [0.1, 0.15) is 6.10 Å². The molecule has 1 N–H and O–H groups in total. The molecule has 0 bridgehead atoms. The highest BCUT2D eigenvalue weighted by Crippen LogP contribution is 2.42. The van der Waals surface area contributed by atoms with Gasteiger partial charge in [-0.1, -0.05) is 109 Å². The van der Waals surface area contributed by atoms with E-state index in [0.717, 1.165) is 22.1 Å². The number of ether oxygens (including phenoxy) is 1. The van der Waals surface area contributed by atoms with Crippen LogP contribution in [0.25, 0.3) is 10.9 Å². The maximum atomic E-state index is 14.4. The van der Waals surface area contributed by atoms with Crippen LogP contribution >= 0.6 is 0 Å². The van der Waals surface area contributed by atoms with Gasteiger partial charge in [-0.3, -0.25) is 14.6 Å². The molecule has 0 saturated carbocycles. The molecule has 0 aliphatic carbocycles. The zero-order valence-electron chi connectivity index (χ0n) is 21.0. The van der Waals surface area contributed by atoms with E-state index < -0.39 is 23.9 Å². The molecule has 0 radical (unpaired) electrons. The van der Waals surface area contributed by atoms with Crippen LogP contribution in [0.2, 0.25) is 0 Å². The highest BCUT2D eigenvalue weighted by Gasteiger charge is 2.40. The molecule has 38 heavy (non-hydrogen) atoms. The number of nitrogens with one attached hydrogen (secondary N) is 1. The van der Waals surface area contributed by atoms with Gasteiger partial charge in [0.05, 0.1) is 17.1 Å². The Labute approximate surface area is 222 Å². The molecule has 188 valence electrons. The third-order valence-electron chi connectivity index (χ3n) is 6.62. The van der Waals surface area contributed by atoms with Gasteiger partial charge in [0.2, 0.25) is 5.91 Å². The molecule has 0 fully saturated rings. The Balaban J connectivity index is 1.68. The maximum absolute atomic E-state index is 14.4. The number of carbonyl (C=O) groups excluding carboxylic acids is 2. The number of carbonyl (C=O) groups is 2. The summed E-state index contributed by atoms with van der Waals surface area (Å²) in [7, 11) is 0. The molecule has 5 aromatic rings. The quantitative estimate of drug-likeness (QED) is 0.235. The van der Waals surface area contributed by atoms with Crippen molar-refractivity contribution >= 4 is 28.5 Å². The number of hydrogen-bond donors (Lipinski definition) is 1. The Morgan fingerprint density at radius 2 is 1.24 bits per heavy atom. The maximum Gasteiger partial charge on any atom is 0.303 e. The summed E-state index contributed by atoms with van der Waals surface area (Å²) in [6.45, 7) is 1.37. The summed E-state index contributed by atoms with van der Waals surface area (Å²) in [4.78, 5) is 31.3. The van der Waals surface area contributed by atoms with Gasteiger partial charge in [0, 0.05) is 24.4 Å². The SMILES string of the molecule is CC(=O)OC(c1ccccc1)C(C(=O)Nc1cccc2cccnc12)C(c1ccccc1)c1ccccc1. The highest BCUT2D eigenvalue weighted by molar-refractivity contribution is 6.01. The lowest BCUT2D eigenvalue weighted by Gasteiger charge is -2.33. The van der Waals surface area contributed by atoms with Gasteiger partial charge in [0.15, 0.2) is 0 Å². The van der Waals surface area contributed by atoms with Crippen molar-refractivity contribution in [2.75, 3.05) is 5.32 Å². The molecule has 5 nitrogen and oxygen atoms in total. The van der Waals surface area contributed by atoms with Crippen LogP contribution in [0.1, 0.15) is 35.6 Å². The van der Waals surface area contributed by atoms with Gasteiger partial charge in [-0.2, -0.15) is 0 Å². The fourth-order valence-electron chi connectivity index (χ4n) is 4.98. The summed E-state index contributed by atoms with van der Waals surface area (Å²) in [6, 6.07) is 38.7. The second-order valence-electron chi connectivity index (χ2n) is 9.14. The van der Waals surface area contributed by atoms with E-state index in [1.807, 2.05) is 121 Å². The van der Waals surface area contributed by atoms with Crippen molar-refractivity contribution in [1.29, 1.82) is 0 Å². The van der Waals surface area contributed by atoms with Crippen LogP contribution < -0.4 is 5.32 Å². The number of anilines is 1. The number of fused-ring (bicyclic) bond motifs is 1. The first-order chi connectivity index (χ1) is 18.6. The van der Waals surface area contributed by atoms with Crippen molar-refractivity contribution in [3.63, 3.8) is 0 Å². The molecule has 0 saturated heterocycles. The molecule has 2 atom stereocenters.